The SMILES string of the molecule is CCC(C)c1ccc(NS(=O)O)cc1. The lowest BCUT2D eigenvalue weighted by Gasteiger charge is -2.09. The molecule has 2 atom stereocenters. The standard InChI is InChI=1S/C10H15NO2S/c1-3-8(2)9-4-6-10(7-5-9)11-14(12)13/h4-8,11H,3H2,1-2H3,(H,12,13). The van der Waals surface area contributed by atoms with Gasteiger partial charge in [0, 0.05) is 5.69 Å². The van der Waals surface area contributed by atoms with Crippen molar-refractivity contribution in [1.29, 1.82) is 0 Å². The molecule has 0 aliphatic carbocycles. The van der Waals surface area contributed by atoms with Crippen LogP contribution in [0.2, 0.25) is 0 Å². The summed E-state index contributed by atoms with van der Waals surface area (Å²) in [5, 5.41) is 0. The Morgan fingerprint density at radius 2 is 2.00 bits per heavy atom. The first-order valence-corrected chi connectivity index (χ1v) is 5.71. The number of hydrogen-bond acceptors (Lipinski definition) is 1. The highest BCUT2D eigenvalue weighted by Gasteiger charge is 2.02. The lowest BCUT2D eigenvalue weighted by Crippen LogP contribution is -2.01. The zero-order valence-electron chi connectivity index (χ0n) is 8.36. The van der Waals surface area contributed by atoms with Crippen LogP contribution in [0.4, 0.5) is 5.69 Å². The Kier molecular flexibility index (Phi) is 4.10. The van der Waals surface area contributed by atoms with Crippen LogP contribution in [0.3, 0.4) is 0 Å². The van der Waals surface area contributed by atoms with E-state index in [4.69, 9.17) is 4.55 Å². The first-order chi connectivity index (χ1) is 6.63. The summed E-state index contributed by atoms with van der Waals surface area (Å²) in [6, 6.07) is 7.58. The van der Waals surface area contributed by atoms with E-state index in [1.165, 1.54) is 5.56 Å². The molecule has 0 heterocycles. The van der Waals surface area contributed by atoms with Gasteiger partial charge in [-0.15, -0.1) is 0 Å². The first kappa shape index (κ1) is 11.2. The predicted molar refractivity (Wildman–Crippen MR) is 59.5 cm³/mol. The van der Waals surface area contributed by atoms with Crippen molar-refractivity contribution in [3.8, 4) is 0 Å². The number of anilines is 1. The van der Waals surface area contributed by atoms with Crippen molar-refractivity contribution in [2.24, 2.45) is 0 Å². The van der Waals surface area contributed by atoms with Crippen molar-refractivity contribution < 1.29 is 8.76 Å². The first-order valence-electron chi connectivity index (χ1n) is 4.61. The Bertz CT molecular complexity index is 310. The van der Waals surface area contributed by atoms with Crippen molar-refractivity contribution in [3.63, 3.8) is 0 Å². The smallest absolute Gasteiger partial charge is 0.259 e. The molecule has 0 fully saturated rings. The molecule has 2 N–H and O–H groups in total. The average molecular weight is 213 g/mol. The molecule has 0 bridgehead atoms. The topological polar surface area (TPSA) is 49.3 Å². The van der Waals surface area contributed by atoms with E-state index in [0.717, 1.165) is 6.42 Å². The Morgan fingerprint density at radius 1 is 1.43 bits per heavy atom. The summed E-state index contributed by atoms with van der Waals surface area (Å²) in [5.74, 6) is 0.531. The van der Waals surface area contributed by atoms with Crippen molar-refractivity contribution >= 4 is 17.0 Å². The molecular weight excluding hydrogens is 198 g/mol. The summed E-state index contributed by atoms with van der Waals surface area (Å²) in [6.07, 6.45) is 1.10. The van der Waals surface area contributed by atoms with E-state index in [2.05, 4.69) is 18.6 Å². The largest absolute Gasteiger partial charge is 0.289 e. The van der Waals surface area contributed by atoms with Crippen molar-refractivity contribution in [2.45, 2.75) is 26.2 Å². The van der Waals surface area contributed by atoms with Gasteiger partial charge in [0.15, 0.2) is 0 Å². The molecule has 0 aromatic heterocycles. The Balaban J connectivity index is 2.73. The van der Waals surface area contributed by atoms with Gasteiger partial charge in [-0.2, -0.15) is 0 Å². The summed E-state index contributed by atoms with van der Waals surface area (Å²) in [5.41, 5.74) is 1.92. The molecule has 0 saturated heterocycles. The van der Waals surface area contributed by atoms with E-state index >= 15 is 0 Å². The normalized spacial score (nSPS) is 14.8. The van der Waals surface area contributed by atoms with Crippen LogP contribution in [0.5, 0.6) is 0 Å². The van der Waals surface area contributed by atoms with Crippen LogP contribution in [0.15, 0.2) is 24.3 Å². The maximum atomic E-state index is 10.4. The van der Waals surface area contributed by atoms with Crippen LogP contribution in [0, 0.1) is 0 Å². The second-order valence-corrected chi connectivity index (χ2v) is 3.98. The van der Waals surface area contributed by atoms with E-state index in [0.29, 0.717) is 11.6 Å². The maximum absolute atomic E-state index is 10.4. The molecule has 1 aromatic carbocycles. The van der Waals surface area contributed by atoms with Crippen LogP contribution < -0.4 is 4.72 Å². The predicted octanol–water partition coefficient (Wildman–Crippen LogP) is 2.75. The van der Waals surface area contributed by atoms with Crippen LogP contribution in [-0.4, -0.2) is 8.76 Å². The summed E-state index contributed by atoms with van der Waals surface area (Å²) >= 11 is -1.99. The van der Waals surface area contributed by atoms with Gasteiger partial charge in [0.25, 0.3) is 11.3 Å². The van der Waals surface area contributed by atoms with Crippen molar-refractivity contribution in [3.05, 3.63) is 29.8 Å². The lowest BCUT2D eigenvalue weighted by atomic mass is 9.99. The fraction of sp³-hybridized carbons (Fsp3) is 0.400. The maximum Gasteiger partial charge on any atom is 0.259 e. The molecule has 0 saturated carbocycles. The van der Waals surface area contributed by atoms with Crippen LogP contribution in [0.1, 0.15) is 31.7 Å². The molecule has 2 unspecified atom stereocenters. The molecule has 78 valence electrons. The number of hydrogen-bond donors (Lipinski definition) is 2. The number of rotatable bonds is 4. The highest BCUT2D eigenvalue weighted by Crippen LogP contribution is 2.20. The Morgan fingerprint density at radius 3 is 2.43 bits per heavy atom. The van der Waals surface area contributed by atoms with Gasteiger partial charge in [-0.05, 0) is 30.0 Å². The third kappa shape index (κ3) is 3.12. The summed E-state index contributed by atoms with van der Waals surface area (Å²) in [6.45, 7) is 4.30. The second kappa shape index (κ2) is 5.12. The second-order valence-electron chi connectivity index (χ2n) is 3.28. The minimum absolute atomic E-state index is 0.531. The van der Waals surface area contributed by atoms with Crippen LogP contribution in [0.25, 0.3) is 0 Å². The molecule has 0 spiro atoms. The Labute approximate surface area is 87.0 Å². The van der Waals surface area contributed by atoms with Gasteiger partial charge in [0.1, 0.15) is 0 Å². The van der Waals surface area contributed by atoms with Crippen LogP contribution >= 0.6 is 0 Å². The average Bonchev–Trinajstić information content (AvgIpc) is 2.17. The zero-order valence-corrected chi connectivity index (χ0v) is 9.17. The van der Waals surface area contributed by atoms with Gasteiger partial charge in [0.05, 0.1) is 0 Å². The van der Waals surface area contributed by atoms with E-state index in [1.807, 2.05) is 24.3 Å². The third-order valence-corrected chi connectivity index (χ3v) is 2.71. The fourth-order valence-electron chi connectivity index (χ4n) is 1.22. The van der Waals surface area contributed by atoms with E-state index in [9.17, 15) is 4.21 Å². The van der Waals surface area contributed by atoms with E-state index < -0.39 is 11.3 Å². The molecule has 1 aromatic rings. The minimum Gasteiger partial charge on any atom is -0.289 e. The highest BCUT2D eigenvalue weighted by molar-refractivity contribution is 7.80. The van der Waals surface area contributed by atoms with Gasteiger partial charge in [-0.3, -0.25) is 9.27 Å². The van der Waals surface area contributed by atoms with Crippen molar-refractivity contribution in [1.82, 2.24) is 0 Å². The number of nitrogens with one attached hydrogen (secondary N) is 1. The molecule has 3 nitrogen and oxygen atoms in total. The van der Waals surface area contributed by atoms with Gasteiger partial charge in [0.2, 0.25) is 0 Å². The molecule has 1 rings (SSSR count). The monoisotopic (exact) mass is 213 g/mol. The Hall–Kier alpha value is -0.870. The molecule has 0 amide bonds. The van der Waals surface area contributed by atoms with Crippen LogP contribution in [-0.2, 0) is 11.3 Å². The number of benzene rings is 1. The van der Waals surface area contributed by atoms with Gasteiger partial charge >= 0.3 is 0 Å². The summed E-state index contributed by atoms with van der Waals surface area (Å²) in [7, 11) is 0. The zero-order chi connectivity index (χ0) is 10.6. The minimum atomic E-state index is -1.99. The van der Waals surface area contributed by atoms with Crippen molar-refractivity contribution in [2.75, 3.05) is 4.72 Å². The molecular formula is C10H15NO2S. The lowest BCUT2D eigenvalue weighted by molar-refractivity contribution is 0.570. The van der Waals surface area contributed by atoms with Gasteiger partial charge < -0.3 is 0 Å². The highest BCUT2D eigenvalue weighted by atomic mass is 32.2. The quantitative estimate of drug-likeness (QED) is 0.755. The molecule has 0 aliphatic heterocycles. The summed E-state index contributed by atoms with van der Waals surface area (Å²) < 4.78 is 21.5. The summed E-state index contributed by atoms with van der Waals surface area (Å²) in [4.78, 5) is 0. The third-order valence-electron chi connectivity index (χ3n) is 2.30. The molecule has 14 heavy (non-hydrogen) atoms. The van der Waals surface area contributed by atoms with Gasteiger partial charge in [-0.1, -0.05) is 26.0 Å². The molecule has 0 aliphatic rings. The van der Waals surface area contributed by atoms with Gasteiger partial charge in [-0.25, -0.2) is 4.21 Å². The van der Waals surface area contributed by atoms with E-state index in [1.54, 1.807) is 0 Å². The molecule has 4 heteroatoms. The fourth-order valence-corrected chi connectivity index (χ4v) is 1.55. The molecule has 0 radical (unpaired) electrons. The van der Waals surface area contributed by atoms with E-state index in [-0.39, 0.29) is 0 Å².